The van der Waals surface area contributed by atoms with Crippen LogP contribution in [0.1, 0.15) is 43.7 Å². The number of carbonyl (C=O) groups is 1. The van der Waals surface area contributed by atoms with Crippen molar-refractivity contribution in [1.29, 1.82) is 0 Å². The third-order valence-corrected chi connectivity index (χ3v) is 6.17. The normalized spacial score (nSPS) is 16.0. The van der Waals surface area contributed by atoms with E-state index in [-0.39, 0.29) is 11.9 Å². The van der Waals surface area contributed by atoms with Gasteiger partial charge in [0.25, 0.3) is 0 Å². The number of amides is 1. The van der Waals surface area contributed by atoms with E-state index < -0.39 is 0 Å². The lowest BCUT2D eigenvalue weighted by Gasteiger charge is -2.36. The molecule has 8 heteroatoms. The Morgan fingerprint density at radius 2 is 1.97 bits per heavy atom. The van der Waals surface area contributed by atoms with Crippen molar-refractivity contribution >= 4 is 11.9 Å². The molecule has 1 aliphatic heterocycles. The first-order valence-electron chi connectivity index (χ1n) is 11.5. The van der Waals surface area contributed by atoms with E-state index >= 15 is 0 Å². The van der Waals surface area contributed by atoms with Gasteiger partial charge in [-0.2, -0.15) is 0 Å². The molecule has 3 aromatic rings. The maximum absolute atomic E-state index is 13.5. The lowest BCUT2D eigenvalue weighted by molar-refractivity contribution is -0.135. The number of anilines is 1. The quantitative estimate of drug-likeness (QED) is 0.548. The molecule has 3 heterocycles. The molecule has 1 atom stereocenters. The number of rotatable bonds is 7. The fraction of sp³-hybridized carbons (Fsp3) is 0.440. The SMILES string of the molecule is CCc1nccn1CC(=O)N1CCCC[C@@H]1c1nc(N(C)C)ncc1-c1ccc(OC)cc1. The summed E-state index contributed by atoms with van der Waals surface area (Å²) in [6, 6.07) is 7.82. The minimum atomic E-state index is -0.0985. The first-order chi connectivity index (χ1) is 16.0. The van der Waals surface area contributed by atoms with Crippen LogP contribution < -0.4 is 9.64 Å². The Bertz CT molecular complexity index is 1090. The highest BCUT2D eigenvalue weighted by Crippen LogP contribution is 2.37. The molecular weight excluding hydrogens is 416 g/mol. The second kappa shape index (κ2) is 10.0. The van der Waals surface area contributed by atoms with E-state index in [1.165, 1.54) is 0 Å². The topological polar surface area (TPSA) is 76.4 Å². The number of hydrogen-bond donors (Lipinski definition) is 0. The Morgan fingerprint density at radius 3 is 2.67 bits per heavy atom. The van der Waals surface area contributed by atoms with E-state index in [1.54, 1.807) is 13.3 Å². The van der Waals surface area contributed by atoms with Crippen LogP contribution in [0.25, 0.3) is 11.1 Å². The molecule has 1 saturated heterocycles. The van der Waals surface area contributed by atoms with Crippen LogP contribution in [0, 0.1) is 0 Å². The fourth-order valence-corrected chi connectivity index (χ4v) is 4.40. The molecule has 0 aliphatic carbocycles. The number of aryl methyl sites for hydroxylation is 1. The fourth-order valence-electron chi connectivity index (χ4n) is 4.40. The van der Waals surface area contributed by atoms with E-state index in [1.807, 2.05) is 65.1 Å². The van der Waals surface area contributed by atoms with Gasteiger partial charge in [0.1, 0.15) is 18.1 Å². The van der Waals surface area contributed by atoms with E-state index in [0.717, 1.165) is 60.6 Å². The summed E-state index contributed by atoms with van der Waals surface area (Å²) in [5.41, 5.74) is 2.86. The molecule has 0 unspecified atom stereocenters. The van der Waals surface area contributed by atoms with Gasteiger partial charge in [-0.05, 0) is 37.0 Å². The van der Waals surface area contributed by atoms with Crippen LogP contribution in [0.4, 0.5) is 5.95 Å². The van der Waals surface area contributed by atoms with Crippen LogP contribution in [0.3, 0.4) is 0 Å². The molecule has 2 aromatic heterocycles. The third kappa shape index (κ3) is 4.84. The molecule has 4 rings (SSSR count). The van der Waals surface area contributed by atoms with Crippen LogP contribution in [0.15, 0.2) is 42.9 Å². The number of benzene rings is 1. The molecule has 8 nitrogen and oxygen atoms in total. The van der Waals surface area contributed by atoms with Crippen molar-refractivity contribution in [3.63, 3.8) is 0 Å². The number of methoxy groups -OCH3 is 1. The van der Waals surface area contributed by atoms with Gasteiger partial charge in [-0.1, -0.05) is 19.1 Å². The minimum absolute atomic E-state index is 0.0955. The Kier molecular flexibility index (Phi) is 6.91. The lowest BCUT2D eigenvalue weighted by atomic mass is 9.93. The Balaban J connectivity index is 1.72. The predicted molar refractivity (Wildman–Crippen MR) is 128 cm³/mol. The summed E-state index contributed by atoms with van der Waals surface area (Å²) >= 11 is 0. The van der Waals surface area contributed by atoms with Crippen molar-refractivity contribution in [1.82, 2.24) is 24.4 Å². The summed E-state index contributed by atoms with van der Waals surface area (Å²) in [7, 11) is 5.52. The summed E-state index contributed by atoms with van der Waals surface area (Å²) < 4.78 is 7.27. The van der Waals surface area contributed by atoms with Crippen LogP contribution in [0.2, 0.25) is 0 Å². The summed E-state index contributed by atoms with van der Waals surface area (Å²) in [5.74, 6) is 2.46. The van der Waals surface area contributed by atoms with Crippen molar-refractivity contribution in [2.24, 2.45) is 0 Å². The number of aromatic nitrogens is 4. The van der Waals surface area contributed by atoms with E-state index in [9.17, 15) is 4.79 Å². The van der Waals surface area contributed by atoms with Crippen LogP contribution in [-0.4, -0.2) is 58.1 Å². The number of hydrogen-bond acceptors (Lipinski definition) is 6. The highest BCUT2D eigenvalue weighted by atomic mass is 16.5. The van der Waals surface area contributed by atoms with E-state index in [0.29, 0.717) is 12.5 Å². The zero-order valence-electron chi connectivity index (χ0n) is 19.9. The van der Waals surface area contributed by atoms with Crippen LogP contribution >= 0.6 is 0 Å². The third-order valence-electron chi connectivity index (χ3n) is 6.17. The molecule has 1 fully saturated rings. The van der Waals surface area contributed by atoms with E-state index in [4.69, 9.17) is 9.72 Å². The molecule has 0 radical (unpaired) electrons. The number of nitrogens with zero attached hydrogens (tertiary/aromatic N) is 6. The van der Waals surface area contributed by atoms with Crippen molar-refractivity contribution in [2.75, 3.05) is 32.6 Å². The van der Waals surface area contributed by atoms with Gasteiger partial charge < -0.3 is 19.1 Å². The minimum Gasteiger partial charge on any atom is -0.497 e. The molecule has 33 heavy (non-hydrogen) atoms. The first-order valence-corrected chi connectivity index (χ1v) is 11.5. The highest BCUT2D eigenvalue weighted by molar-refractivity contribution is 5.77. The van der Waals surface area contributed by atoms with Gasteiger partial charge in [0.2, 0.25) is 11.9 Å². The molecule has 1 aromatic carbocycles. The smallest absolute Gasteiger partial charge is 0.243 e. The largest absolute Gasteiger partial charge is 0.497 e. The number of imidazole rings is 1. The predicted octanol–water partition coefficient (Wildman–Crippen LogP) is 3.73. The van der Waals surface area contributed by atoms with Crippen LogP contribution in [0.5, 0.6) is 5.75 Å². The Hall–Kier alpha value is -3.42. The molecule has 174 valence electrons. The summed E-state index contributed by atoms with van der Waals surface area (Å²) in [6.45, 7) is 3.07. The number of likely N-dealkylation sites (tertiary alicyclic amines) is 1. The van der Waals surface area contributed by atoms with Gasteiger partial charge in [-0.15, -0.1) is 0 Å². The van der Waals surface area contributed by atoms with Gasteiger partial charge >= 0.3 is 0 Å². The number of piperidine rings is 1. The van der Waals surface area contributed by atoms with Gasteiger partial charge in [0, 0.05) is 51.2 Å². The monoisotopic (exact) mass is 448 g/mol. The zero-order valence-corrected chi connectivity index (χ0v) is 19.9. The van der Waals surface area contributed by atoms with Crippen molar-refractivity contribution < 1.29 is 9.53 Å². The van der Waals surface area contributed by atoms with Gasteiger partial charge in [-0.25, -0.2) is 15.0 Å². The first kappa shape index (κ1) is 22.8. The Morgan fingerprint density at radius 1 is 1.18 bits per heavy atom. The maximum atomic E-state index is 13.5. The maximum Gasteiger partial charge on any atom is 0.243 e. The zero-order chi connectivity index (χ0) is 23.4. The molecule has 1 amide bonds. The van der Waals surface area contributed by atoms with Crippen molar-refractivity contribution in [3.8, 4) is 16.9 Å². The molecule has 0 N–H and O–H groups in total. The summed E-state index contributed by atoms with van der Waals surface area (Å²) in [5, 5.41) is 0. The Labute approximate surface area is 195 Å². The average Bonchev–Trinajstić information content (AvgIpc) is 3.30. The second-order valence-electron chi connectivity index (χ2n) is 8.52. The van der Waals surface area contributed by atoms with Gasteiger partial charge in [-0.3, -0.25) is 4.79 Å². The lowest BCUT2D eigenvalue weighted by Crippen LogP contribution is -2.41. The molecule has 1 aliphatic rings. The number of ether oxygens (including phenoxy) is 1. The standard InChI is InChI=1S/C25H32N6O2/c1-5-22-26-13-15-30(22)17-23(32)31-14-7-6-8-21(31)24-20(16-27-25(28-24)29(2)3)18-9-11-19(33-4)12-10-18/h9-13,15-16,21H,5-8,14,17H2,1-4H3/t21-/m1/s1. The molecule has 0 bridgehead atoms. The van der Waals surface area contributed by atoms with Crippen molar-refractivity contribution in [2.45, 2.75) is 45.2 Å². The summed E-state index contributed by atoms with van der Waals surface area (Å²) in [4.78, 5) is 31.3. The van der Waals surface area contributed by atoms with Gasteiger partial charge in [0.15, 0.2) is 0 Å². The highest BCUT2D eigenvalue weighted by Gasteiger charge is 2.32. The second-order valence-corrected chi connectivity index (χ2v) is 8.52. The van der Waals surface area contributed by atoms with Crippen molar-refractivity contribution in [3.05, 3.63) is 54.4 Å². The van der Waals surface area contributed by atoms with Crippen LogP contribution in [-0.2, 0) is 17.8 Å². The molecule has 0 spiro atoms. The summed E-state index contributed by atoms with van der Waals surface area (Å²) in [6.07, 6.45) is 9.25. The number of carbonyl (C=O) groups excluding carboxylic acids is 1. The van der Waals surface area contributed by atoms with E-state index in [2.05, 4.69) is 16.9 Å². The average molecular weight is 449 g/mol. The molecular formula is C25H32N6O2. The molecule has 0 saturated carbocycles. The van der Waals surface area contributed by atoms with Gasteiger partial charge in [0.05, 0.1) is 18.8 Å².